The molecule has 0 saturated carbocycles. The fraction of sp³-hybridized carbons (Fsp3) is 0.211. The van der Waals surface area contributed by atoms with Gasteiger partial charge in [0.2, 0.25) is 5.82 Å². The molecular weight excluding hydrogens is 374 g/mol. The number of aryl methyl sites for hydroxylation is 3. The molecule has 28 heavy (non-hydrogen) atoms. The van der Waals surface area contributed by atoms with E-state index in [-0.39, 0.29) is 11.7 Å². The summed E-state index contributed by atoms with van der Waals surface area (Å²) in [4.78, 5) is 26.1. The Labute approximate surface area is 165 Å². The number of nitrogens with one attached hydrogen (secondary N) is 1. The molecule has 3 aromatic heterocycles. The van der Waals surface area contributed by atoms with Crippen molar-refractivity contribution in [3.05, 3.63) is 53.7 Å². The molecule has 0 radical (unpaired) electrons. The zero-order chi connectivity index (χ0) is 19.3. The Morgan fingerprint density at radius 3 is 2.89 bits per heavy atom. The number of hydrogen-bond acceptors (Lipinski definition) is 6. The molecule has 9 heteroatoms. The van der Waals surface area contributed by atoms with Crippen molar-refractivity contribution in [1.82, 2.24) is 29.1 Å². The van der Waals surface area contributed by atoms with Crippen molar-refractivity contribution in [2.24, 2.45) is 0 Å². The fourth-order valence-corrected chi connectivity index (χ4v) is 4.24. The van der Waals surface area contributed by atoms with Crippen molar-refractivity contribution in [2.45, 2.75) is 25.5 Å². The molecular formula is C19H17N7OS. The largest absolute Gasteiger partial charge is 0.325 e. The van der Waals surface area contributed by atoms with Crippen LogP contribution in [0.1, 0.15) is 22.0 Å². The summed E-state index contributed by atoms with van der Waals surface area (Å²) in [7, 11) is 0. The highest BCUT2D eigenvalue weighted by Gasteiger charge is 2.20. The molecule has 0 unspecified atom stereocenters. The standard InChI is InChI=1S/C19H17N7OS/c1-11-9-12(2)26-18(20-11)23-16(24-26)17(27)21-14-6-4-3-5-13(14)15-10-25-7-8-28-19(25)22-15/h3-6,9-10H,7-8H2,1-2H3,(H,21,27). The minimum absolute atomic E-state index is 0.0823. The number of carbonyl (C=O) groups is 1. The quantitative estimate of drug-likeness (QED) is 0.577. The van der Waals surface area contributed by atoms with Gasteiger partial charge in [0, 0.05) is 35.4 Å². The second kappa shape index (κ2) is 6.45. The van der Waals surface area contributed by atoms with Gasteiger partial charge < -0.3 is 9.88 Å². The smallest absolute Gasteiger partial charge is 0.295 e. The van der Waals surface area contributed by atoms with Gasteiger partial charge in [-0.2, -0.15) is 4.98 Å². The summed E-state index contributed by atoms with van der Waals surface area (Å²) in [5, 5.41) is 8.23. The number of nitrogens with zero attached hydrogens (tertiary/aromatic N) is 6. The Hall–Kier alpha value is -3.20. The van der Waals surface area contributed by atoms with Crippen LogP contribution in [0.2, 0.25) is 0 Å². The summed E-state index contributed by atoms with van der Waals surface area (Å²) in [6.45, 7) is 4.75. The van der Waals surface area contributed by atoms with Crippen LogP contribution in [0, 0.1) is 13.8 Å². The lowest BCUT2D eigenvalue weighted by Crippen LogP contribution is -2.14. The summed E-state index contributed by atoms with van der Waals surface area (Å²) < 4.78 is 3.71. The van der Waals surface area contributed by atoms with Crippen LogP contribution in [0.4, 0.5) is 5.69 Å². The molecule has 0 spiro atoms. The summed E-state index contributed by atoms with van der Waals surface area (Å²) in [6.07, 6.45) is 2.03. The number of thioether (sulfide) groups is 1. The summed E-state index contributed by atoms with van der Waals surface area (Å²) in [6, 6.07) is 9.51. The molecule has 8 nitrogen and oxygen atoms in total. The number of anilines is 1. The Morgan fingerprint density at radius 1 is 1.18 bits per heavy atom. The van der Waals surface area contributed by atoms with E-state index in [4.69, 9.17) is 0 Å². The van der Waals surface area contributed by atoms with E-state index in [2.05, 4.69) is 29.9 Å². The third-order valence-corrected chi connectivity index (χ3v) is 5.55. The van der Waals surface area contributed by atoms with Gasteiger partial charge in [-0.15, -0.1) is 5.10 Å². The molecule has 0 fully saturated rings. The molecule has 0 saturated heterocycles. The lowest BCUT2D eigenvalue weighted by molar-refractivity contribution is 0.101. The highest BCUT2D eigenvalue weighted by atomic mass is 32.2. The second-order valence-electron chi connectivity index (χ2n) is 6.64. The maximum Gasteiger partial charge on any atom is 0.295 e. The van der Waals surface area contributed by atoms with Crippen LogP contribution in [-0.2, 0) is 6.54 Å². The van der Waals surface area contributed by atoms with E-state index in [1.54, 1.807) is 16.3 Å². The number of fused-ring (bicyclic) bond motifs is 2. The molecule has 0 atom stereocenters. The molecule has 1 aliphatic heterocycles. The molecule has 4 heterocycles. The van der Waals surface area contributed by atoms with Gasteiger partial charge in [0.25, 0.3) is 11.7 Å². The topological polar surface area (TPSA) is 90.0 Å². The van der Waals surface area contributed by atoms with Crippen molar-refractivity contribution in [1.29, 1.82) is 0 Å². The predicted molar refractivity (Wildman–Crippen MR) is 107 cm³/mol. The van der Waals surface area contributed by atoms with E-state index in [0.29, 0.717) is 11.5 Å². The Bertz CT molecular complexity index is 1200. The maximum absolute atomic E-state index is 12.8. The molecule has 1 aliphatic rings. The Kier molecular flexibility index (Phi) is 3.90. The monoisotopic (exact) mass is 391 g/mol. The minimum Gasteiger partial charge on any atom is -0.325 e. The van der Waals surface area contributed by atoms with Crippen molar-refractivity contribution in [3.63, 3.8) is 0 Å². The number of imidazole rings is 1. The maximum atomic E-state index is 12.8. The van der Waals surface area contributed by atoms with Crippen molar-refractivity contribution < 1.29 is 4.79 Å². The van der Waals surface area contributed by atoms with Crippen LogP contribution in [0.15, 0.2) is 41.7 Å². The van der Waals surface area contributed by atoms with E-state index >= 15 is 0 Å². The van der Waals surface area contributed by atoms with Crippen molar-refractivity contribution in [2.75, 3.05) is 11.1 Å². The first-order chi connectivity index (χ1) is 13.6. The van der Waals surface area contributed by atoms with Crippen LogP contribution >= 0.6 is 11.8 Å². The number of amides is 1. The molecule has 1 N–H and O–H groups in total. The predicted octanol–water partition coefficient (Wildman–Crippen LogP) is 2.96. The Morgan fingerprint density at radius 2 is 2.04 bits per heavy atom. The highest BCUT2D eigenvalue weighted by molar-refractivity contribution is 7.99. The van der Waals surface area contributed by atoms with E-state index < -0.39 is 0 Å². The minimum atomic E-state index is -0.379. The van der Waals surface area contributed by atoms with Gasteiger partial charge in [-0.1, -0.05) is 30.0 Å². The van der Waals surface area contributed by atoms with Gasteiger partial charge in [0.05, 0.1) is 11.4 Å². The summed E-state index contributed by atoms with van der Waals surface area (Å²) >= 11 is 1.74. The van der Waals surface area contributed by atoms with Crippen LogP contribution in [-0.4, -0.2) is 40.8 Å². The van der Waals surface area contributed by atoms with Crippen molar-refractivity contribution >= 4 is 29.1 Å². The van der Waals surface area contributed by atoms with Gasteiger partial charge in [0.15, 0.2) is 5.16 Å². The van der Waals surface area contributed by atoms with E-state index in [1.807, 2.05) is 50.4 Å². The van der Waals surface area contributed by atoms with Gasteiger partial charge in [-0.25, -0.2) is 14.5 Å². The van der Waals surface area contributed by atoms with Crippen LogP contribution < -0.4 is 5.32 Å². The highest BCUT2D eigenvalue weighted by Crippen LogP contribution is 2.32. The van der Waals surface area contributed by atoms with Gasteiger partial charge >= 0.3 is 0 Å². The SMILES string of the molecule is Cc1cc(C)n2nc(C(=O)Nc3ccccc3-c3cn4c(n3)SCC4)nc2n1. The molecule has 1 aromatic carbocycles. The molecule has 1 amide bonds. The van der Waals surface area contributed by atoms with E-state index in [0.717, 1.165) is 40.1 Å². The number of hydrogen-bond donors (Lipinski definition) is 1. The van der Waals surface area contributed by atoms with E-state index in [9.17, 15) is 4.79 Å². The molecule has 140 valence electrons. The van der Waals surface area contributed by atoms with Gasteiger partial charge in [-0.3, -0.25) is 4.79 Å². The number of aromatic nitrogens is 6. The fourth-order valence-electron chi connectivity index (χ4n) is 3.30. The molecule has 0 aliphatic carbocycles. The first-order valence-corrected chi connectivity index (χ1v) is 9.89. The normalized spacial score (nSPS) is 13.1. The van der Waals surface area contributed by atoms with Crippen LogP contribution in [0.3, 0.4) is 0 Å². The summed E-state index contributed by atoms with van der Waals surface area (Å²) in [5.74, 6) is 1.17. The first-order valence-electron chi connectivity index (χ1n) is 8.90. The second-order valence-corrected chi connectivity index (χ2v) is 7.70. The molecule has 5 rings (SSSR count). The first kappa shape index (κ1) is 16.9. The lowest BCUT2D eigenvalue weighted by atomic mass is 10.1. The van der Waals surface area contributed by atoms with Crippen LogP contribution in [0.25, 0.3) is 17.0 Å². The number of para-hydroxylation sites is 1. The third-order valence-electron chi connectivity index (χ3n) is 4.58. The summed E-state index contributed by atoms with van der Waals surface area (Å²) in [5.41, 5.74) is 4.09. The van der Waals surface area contributed by atoms with Crippen molar-refractivity contribution in [3.8, 4) is 11.3 Å². The van der Waals surface area contributed by atoms with Gasteiger partial charge in [0.1, 0.15) is 0 Å². The zero-order valence-corrected chi connectivity index (χ0v) is 16.2. The number of carbonyl (C=O) groups excluding carboxylic acids is 1. The molecule has 0 bridgehead atoms. The van der Waals surface area contributed by atoms with Crippen LogP contribution in [0.5, 0.6) is 0 Å². The lowest BCUT2D eigenvalue weighted by Gasteiger charge is -2.08. The number of benzene rings is 1. The number of rotatable bonds is 3. The van der Waals surface area contributed by atoms with E-state index in [1.165, 1.54) is 0 Å². The van der Waals surface area contributed by atoms with Gasteiger partial charge in [-0.05, 0) is 26.0 Å². The third kappa shape index (κ3) is 2.84. The average molecular weight is 391 g/mol. The average Bonchev–Trinajstić information content (AvgIpc) is 3.36. The zero-order valence-electron chi connectivity index (χ0n) is 15.4. The Balaban J connectivity index is 1.48. The molecule has 4 aromatic rings.